The van der Waals surface area contributed by atoms with Crippen LogP contribution in [0, 0.1) is 0 Å². The Bertz CT molecular complexity index is 409. The number of anilines is 1. The van der Waals surface area contributed by atoms with Crippen LogP contribution in [0.2, 0.25) is 0 Å². The lowest BCUT2D eigenvalue weighted by Crippen LogP contribution is -2.51. The van der Waals surface area contributed by atoms with E-state index in [4.69, 9.17) is 0 Å². The molecule has 1 aromatic carbocycles. The third-order valence-corrected chi connectivity index (χ3v) is 4.29. The van der Waals surface area contributed by atoms with Gasteiger partial charge in [-0.15, -0.1) is 0 Å². The summed E-state index contributed by atoms with van der Waals surface area (Å²) in [5.41, 5.74) is 1.65. The van der Waals surface area contributed by atoms with Crippen molar-refractivity contribution in [3.63, 3.8) is 0 Å². The molecular formula is C15H23BrN2. The summed E-state index contributed by atoms with van der Waals surface area (Å²) in [6.07, 6.45) is 1.16. The largest absolute Gasteiger partial charge is 0.365 e. The van der Waals surface area contributed by atoms with Crippen molar-refractivity contribution in [1.29, 1.82) is 0 Å². The van der Waals surface area contributed by atoms with Crippen LogP contribution >= 0.6 is 15.9 Å². The molecule has 0 atom stereocenters. The highest BCUT2D eigenvalue weighted by atomic mass is 79.9. The Morgan fingerprint density at radius 2 is 1.72 bits per heavy atom. The molecule has 100 valence electrons. The van der Waals surface area contributed by atoms with Gasteiger partial charge in [-0.05, 0) is 64.9 Å². The Hall–Kier alpha value is -0.540. The smallest absolute Gasteiger partial charge is 0.0372 e. The average molecular weight is 311 g/mol. The maximum absolute atomic E-state index is 3.64. The molecule has 0 spiro atoms. The van der Waals surface area contributed by atoms with E-state index in [9.17, 15) is 0 Å². The molecule has 0 aromatic heterocycles. The Morgan fingerprint density at radius 1 is 1.11 bits per heavy atom. The molecule has 1 heterocycles. The second-order valence-electron chi connectivity index (χ2n) is 6.44. The molecule has 0 amide bonds. The lowest BCUT2D eigenvalue weighted by molar-refractivity contribution is 0.409. The maximum Gasteiger partial charge on any atom is 0.0372 e. The van der Waals surface area contributed by atoms with E-state index < -0.39 is 0 Å². The minimum absolute atomic E-state index is 0.154. The van der Waals surface area contributed by atoms with Crippen molar-refractivity contribution in [2.45, 2.75) is 45.2 Å². The van der Waals surface area contributed by atoms with Gasteiger partial charge in [0.25, 0.3) is 0 Å². The molecule has 1 aliphatic heterocycles. The monoisotopic (exact) mass is 310 g/mol. The van der Waals surface area contributed by atoms with Crippen LogP contribution in [0.25, 0.3) is 0 Å². The number of nitrogens with one attached hydrogen (secondary N) is 1. The molecule has 2 nitrogen and oxygen atoms in total. The fraction of sp³-hybridized carbons (Fsp3) is 0.600. The van der Waals surface area contributed by atoms with E-state index in [1.54, 1.807) is 0 Å². The van der Waals surface area contributed by atoms with Crippen LogP contribution in [-0.2, 0) is 0 Å². The van der Waals surface area contributed by atoms with Gasteiger partial charge in [0, 0.05) is 27.8 Å². The van der Waals surface area contributed by atoms with Gasteiger partial charge >= 0.3 is 0 Å². The zero-order valence-electron chi connectivity index (χ0n) is 11.8. The Labute approximate surface area is 119 Å². The van der Waals surface area contributed by atoms with Gasteiger partial charge in [-0.3, -0.25) is 0 Å². The van der Waals surface area contributed by atoms with Gasteiger partial charge in [0.2, 0.25) is 0 Å². The molecule has 0 saturated carbocycles. The molecule has 1 saturated heterocycles. The van der Waals surface area contributed by atoms with E-state index in [1.165, 1.54) is 5.69 Å². The van der Waals surface area contributed by atoms with Crippen molar-refractivity contribution in [3.8, 4) is 0 Å². The van der Waals surface area contributed by atoms with E-state index >= 15 is 0 Å². The van der Waals surface area contributed by atoms with Gasteiger partial charge in [-0.2, -0.15) is 0 Å². The van der Waals surface area contributed by atoms with Gasteiger partial charge in [0.05, 0.1) is 0 Å². The fourth-order valence-electron chi connectivity index (χ4n) is 2.57. The summed E-state index contributed by atoms with van der Waals surface area (Å²) in [5, 5.41) is 3.64. The predicted molar refractivity (Wildman–Crippen MR) is 82.3 cm³/mol. The van der Waals surface area contributed by atoms with Gasteiger partial charge in [0.1, 0.15) is 0 Å². The van der Waals surface area contributed by atoms with Gasteiger partial charge < -0.3 is 10.2 Å². The van der Waals surface area contributed by atoms with Crippen molar-refractivity contribution in [2.75, 3.05) is 18.0 Å². The molecule has 1 N–H and O–H groups in total. The minimum Gasteiger partial charge on any atom is -0.365 e. The summed E-state index contributed by atoms with van der Waals surface area (Å²) in [6, 6.07) is 8.65. The van der Waals surface area contributed by atoms with Crippen LogP contribution in [0.5, 0.6) is 0 Å². The van der Waals surface area contributed by atoms with E-state index in [2.05, 4.69) is 78.1 Å². The molecule has 0 aliphatic carbocycles. The zero-order chi connectivity index (χ0) is 13.4. The molecule has 1 aliphatic rings. The van der Waals surface area contributed by atoms with Crippen molar-refractivity contribution in [2.24, 2.45) is 0 Å². The number of hydrogen-bond acceptors (Lipinski definition) is 2. The van der Waals surface area contributed by atoms with E-state index in [0.29, 0.717) is 0 Å². The van der Waals surface area contributed by atoms with Crippen molar-refractivity contribution >= 4 is 21.6 Å². The first-order valence-electron chi connectivity index (χ1n) is 6.58. The lowest BCUT2D eigenvalue weighted by atomic mass is 9.96. The molecule has 0 radical (unpaired) electrons. The molecule has 18 heavy (non-hydrogen) atoms. The number of nitrogens with zero attached hydrogens (tertiary/aromatic N) is 1. The van der Waals surface area contributed by atoms with Crippen LogP contribution < -0.4 is 10.2 Å². The maximum atomic E-state index is 3.64. The number of rotatable bonds is 1. The highest BCUT2D eigenvalue weighted by Crippen LogP contribution is 2.31. The SMILES string of the molecule is CC1(C)CN(c2ccc(Br)cc2)C(C)(C)CCN1. The standard InChI is InChI=1S/C15H23BrN2/c1-14(2)11-18(15(3,4)9-10-17-14)13-7-5-12(16)6-8-13/h5-8,17H,9-11H2,1-4H3. The first kappa shape index (κ1) is 13.9. The summed E-state index contributed by atoms with van der Waals surface area (Å²) in [6.45, 7) is 11.3. The van der Waals surface area contributed by atoms with Gasteiger partial charge in [-0.1, -0.05) is 15.9 Å². The zero-order valence-corrected chi connectivity index (χ0v) is 13.3. The van der Waals surface area contributed by atoms with Crippen LogP contribution in [-0.4, -0.2) is 24.2 Å². The van der Waals surface area contributed by atoms with E-state index in [0.717, 1.165) is 24.0 Å². The molecule has 1 fully saturated rings. The van der Waals surface area contributed by atoms with E-state index in [-0.39, 0.29) is 11.1 Å². The van der Waals surface area contributed by atoms with Gasteiger partial charge in [0.15, 0.2) is 0 Å². The average Bonchev–Trinajstić information content (AvgIpc) is 2.36. The topological polar surface area (TPSA) is 15.3 Å². The molecule has 0 bridgehead atoms. The Morgan fingerprint density at radius 3 is 2.33 bits per heavy atom. The Kier molecular flexibility index (Phi) is 3.75. The highest BCUT2D eigenvalue weighted by molar-refractivity contribution is 9.10. The van der Waals surface area contributed by atoms with Crippen LogP contribution in [0.4, 0.5) is 5.69 Å². The highest BCUT2D eigenvalue weighted by Gasteiger charge is 2.34. The van der Waals surface area contributed by atoms with Crippen LogP contribution in [0.1, 0.15) is 34.1 Å². The molecule has 1 aromatic rings. The van der Waals surface area contributed by atoms with Crippen LogP contribution in [0.3, 0.4) is 0 Å². The number of benzene rings is 1. The third-order valence-electron chi connectivity index (χ3n) is 3.76. The first-order chi connectivity index (χ1) is 8.30. The Balaban J connectivity index is 2.34. The minimum atomic E-state index is 0.154. The third kappa shape index (κ3) is 3.07. The first-order valence-corrected chi connectivity index (χ1v) is 7.38. The molecular weight excluding hydrogens is 288 g/mol. The van der Waals surface area contributed by atoms with Crippen LogP contribution in [0.15, 0.2) is 28.7 Å². The fourth-order valence-corrected chi connectivity index (χ4v) is 2.83. The summed E-state index contributed by atoms with van der Waals surface area (Å²) in [7, 11) is 0. The summed E-state index contributed by atoms with van der Waals surface area (Å²) < 4.78 is 1.14. The second-order valence-corrected chi connectivity index (χ2v) is 7.35. The lowest BCUT2D eigenvalue weighted by Gasteiger charge is -2.41. The number of hydrogen-bond donors (Lipinski definition) is 1. The second kappa shape index (κ2) is 4.86. The quantitative estimate of drug-likeness (QED) is 0.848. The predicted octanol–water partition coefficient (Wildman–Crippen LogP) is 3.81. The normalized spacial score (nSPS) is 22.6. The summed E-state index contributed by atoms with van der Waals surface area (Å²) in [5.74, 6) is 0. The van der Waals surface area contributed by atoms with E-state index in [1.807, 2.05) is 0 Å². The van der Waals surface area contributed by atoms with Crippen molar-refractivity contribution < 1.29 is 0 Å². The molecule has 2 rings (SSSR count). The summed E-state index contributed by atoms with van der Waals surface area (Å²) >= 11 is 3.50. The number of halogens is 1. The molecule has 3 heteroatoms. The van der Waals surface area contributed by atoms with Crippen molar-refractivity contribution in [3.05, 3.63) is 28.7 Å². The van der Waals surface area contributed by atoms with Gasteiger partial charge in [-0.25, -0.2) is 0 Å². The summed E-state index contributed by atoms with van der Waals surface area (Å²) in [4.78, 5) is 2.53. The molecule has 0 unspecified atom stereocenters. The van der Waals surface area contributed by atoms with Crippen molar-refractivity contribution in [1.82, 2.24) is 5.32 Å².